The molecule has 16 aromatic carbocycles. The summed E-state index contributed by atoms with van der Waals surface area (Å²) in [5, 5.41) is 2.53. The highest BCUT2D eigenvalue weighted by atomic mass is 15.2. The summed E-state index contributed by atoms with van der Waals surface area (Å²) in [5.74, 6) is 0. The Labute approximate surface area is 730 Å². The number of unbranched alkanes of at least 4 members (excludes halogenated alkanes) is 4. The number of benzene rings is 16. The van der Waals surface area contributed by atoms with Crippen LogP contribution < -0.4 is 26.2 Å². The molecule has 0 N–H and O–H groups in total. The summed E-state index contributed by atoms with van der Waals surface area (Å²) in [7, 11) is 0. The molecule has 0 saturated heterocycles. The lowest BCUT2D eigenvalue weighted by molar-refractivity contribution is 0.590. The highest BCUT2D eigenvalue weighted by Gasteiger charge is 2.46. The van der Waals surface area contributed by atoms with Crippen LogP contribution in [0.25, 0.3) is 128 Å². The van der Waals surface area contributed by atoms with Crippen molar-refractivity contribution in [3.05, 3.63) is 386 Å². The average molecular weight is 1590 g/mol. The second-order valence-electron chi connectivity index (χ2n) is 38.6. The maximum Gasteiger partial charge on any atom is 0.252 e. The zero-order chi connectivity index (χ0) is 84.6. The second-order valence-corrected chi connectivity index (χ2v) is 38.6. The topological polar surface area (TPSA) is 11.4 Å². The quantitative estimate of drug-likeness (QED) is 0.0627. The van der Waals surface area contributed by atoms with E-state index in [0.717, 1.165) is 70.0 Å². The Bertz CT molecular complexity index is 6490. The molecule has 19 rings (SSSR count). The van der Waals surface area contributed by atoms with E-state index in [2.05, 4.69) is 462 Å². The highest BCUT2D eigenvalue weighted by Crippen LogP contribution is 2.56. The van der Waals surface area contributed by atoms with Crippen LogP contribution in [0.3, 0.4) is 0 Å². The van der Waals surface area contributed by atoms with E-state index in [0.29, 0.717) is 0 Å². The van der Waals surface area contributed by atoms with Gasteiger partial charge in [0, 0.05) is 61.5 Å². The monoisotopic (exact) mass is 1590 g/mol. The minimum atomic E-state index is -0.266. The van der Waals surface area contributed by atoms with Crippen LogP contribution in [-0.2, 0) is 28.1 Å². The van der Waals surface area contributed by atoms with Crippen LogP contribution in [0.5, 0.6) is 0 Å². The fourth-order valence-electron chi connectivity index (χ4n) is 19.2. The molecule has 1 aromatic heterocycles. The molecule has 4 heteroatoms. The van der Waals surface area contributed by atoms with Gasteiger partial charge in [0.05, 0.1) is 22.4 Å². The van der Waals surface area contributed by atoms with Gasteiger partial charge in [-0.2, -0.15) is 0 Å². The Morgan fingerprint density at radius 3 is 0.927 bits per heavy atom. The van der Waals surface area contributed by atoms with Crippen molar-refractivity contribution in [3.63, 3.8) is 0 Å². The largest absolute Gasteiger partial charge is 0.310 e. The van der Waals surface area contributed by atoms with Gasteiger partial charge in [-0.25, -0.2) is 0 Å². The fourth-order valence-corrected chi connectivity index (χ4v) is 19.2. The lowest BCUT2D eigenvalue weighted by atomic mass is 9.33. The molecule has 0 unspecified atom stereocenters. The van der Waals surface area contributed by atoms with Gasteiger partial charge >= 0.3 is 0 Å². The normalized spacial score (nSPS) is 12.7. The standard InChI is InChI=1S/C119H110BN3/c1-14-15-16-17-23-34-79-69-111-113-112(70-79)123(115-101(91-57-49-87(50-58-91)82-39-28-20-29-40-82)76-97(119(11,12)13)77-102(115)92-59-51-88(52-60-92)83-41-30-21-31-42-83)110-78-98(121-107-67-62-94(116(2,3)4)72-103(107)104-73-95(117(5,6)7)63-68-108(104)121)64-65-105(110)120(113)106-71-93(84-43-32-22-33-44-84)61-66-109(106)122(111)114-99(89-53-45-85(46-54-89)80-35-24-18-25-36-80)74-96(118(8,9)10)75-100(114)90-55-47-86(48-56-90)81-37-26-19-27-38-81/h18-22,24-33,35-78H,14-17,23,34H2,1-13H3. The predicted molar refractivity (Wildman–Crippen MR) is 531 cm³/mol. The summed E-state index contributed by atoms with van der Waals surface area (Å²) in [6.07, 6.45) is 6.67. The first-order valence-corrected chi connectivity index (χ1v) is 44.7. The smallest absolute Gasteiger partial charge is 0.252 e. The molecule has 2 aliphatic rings. The molecular weight excluding hydrogens is 1480 g/mol. The third-order valence-electron chi connectivity index (χ3n) is 26.2. The molecule has 3 nitrogen and oxygen atoms in total. The van der Waals surface area contributed by atoms with E-state index >= 15 is 0 Å². The molecule has 3 heterocycles. The van der Waals surface area contributed by atoms with Gasteiger partial charge in [0.15, 0.2) is 0 Å². The van der Waals surface area contributed by atoms with Crippen LogP contribution in [0.4, 0.5) is 34.1 Å². The van der Waals surface area contributed by atoms with E-state index in [9.17, 15) is 0 Å². The Balaban J connectivity index is 0.977. The lowest BCUT2D eigenvalue weighted by Gasteiger charge is -2.46. The molecular formula is C119H110BN3. The summed E-state index contributed by atoms with van der Waals surface area (Å²) in [6.45, 7) is 30.5. The maximum absolute atomic E-state index is 2.81. The van der Waals surface area contributed by atoms with Crippen LogP contribution >= 0.6 is 0 Å². The van der Waals surface area contributed by atoms with Crippen molar-refractivity contribution in [2.75, 3.05) is 9.80 Å². The molecule has 0 bridgehead atoms. The van der Waals surface area contributed by atoms with Crippen molar-refractivity contribution in [1.29, 1.82) is 0 Å². The van der Waals surface area contributed by atoms with Gasteiger partial charge in [0.2, 0.25) is 0 Å². The van der Waals surface area contributed by atoms with Gasteiger partial charge < -0.3 is 14.4 Å². The second kappa shape index (κ2) is 32.1. The van der Waals surface area contributed by atoms with Crippen LogP contribution in [0.15, 0.2) is 358 Å². The number of hydrogen-bond donors (Lipinski definition) is 0. The van der Waals surface area contributed by atoms with Gasteiger partial charge in [0.1, 0.15) is 0 Å². The highest BCUT2D eigenvalue weighted by molar-refractivity contribution is 7.00. The molecule has 0 aliphatic carbocycles. The van der Waals surface area contributed by atoms with Crippen molar-refractivity contribution >= 4 is 79.0 Å². The minimum absolute atomic E-state index is 0.0770. The predicted octanol–water partition coefficient (Wildman–Crippen LogP) is 31.6. The van der Waals surface area contributed by atoms with Crippen LogP contribution in [0, 0.1) is 0 Å². The van der Waals surface area contributed by atoms with E-state index in [1.54, 1.807) is 0 Å². The van der Waals surface area contributed by atoms with Crippen molar-refractivity contribution in [1.82, 2.24) is 4.57 Å². The Hall–Kier alpha value is -13.0. The first-order chi connectivity index (χ1) is 59.5. The van der Waals surface area contributed by atoms with E-state index in [1.807, 2.05) is 0 Å². The van der Waals surface area contributed by atoms with Gasteiger partial charge in [-0.1, -0.05) is 395 Å². The first kappa shape index (κ1) is 79.8. The number of rotatable bonds is 18. The SMILES string of the molecule is CCCCCCCc1cc2c3c(c1)N(c1c(-c4ccc(-c5ccccc5)cc4)cc(C(C)(C)C)cc1-c1ccc(-c4ccccc4)cc1)c1cc(-n4c5ccc(C(C)(C)C)cc5c5cc(C(C)(C)C)ccc54)ccc1B3c1cc(-c3ccccc3)ccc1N2c1c(-c2ccc(-c3ccccc3)cc2)cc(C(C)(C)C)cc1-c1ccc(-c2ccccc2)cc1. The Morgan fingerprint density at radius 1 is 0.244 bits per heavy atom. The van der Waals surface area contributed by atoms with Crippen LogP contribution in [0.2, 0.25) is 0 Å². The molecule has 2 aliphatic heterocycles. The van der Waals surface area contributed by atoms with Gasteiger partial charge in [-0.15, -0.1) is 0 Å². The van der Waals surface area contributed by atoms with Gasteiger partial charge in [-0.3, -0.25) is 0 Å². The zero-order valence-electron chi connectivity index (χ0n) is 73.7. The number of nitrogens with zero attached hydrogens (tertiary/aromatic N) is 3. The Kier molecular flexibility index (Phi) is 20.8. The molecule has 0 fully saturated rings. The van der Waals surface area contributed by atoms with Crippen molar-refractivity contribution < 1.29 is 0 Å². The molecule has 604 valence electrons. The Morgan fingerprint density at radius 2 is 0.569 bits per heavy atom. The molecule has 123 heavy (non-hydrogen) atoms. The molecule has 17 aromatic rings. The first-order valence-electron chi connectivity index (χ1n) is 44.7. The van der Waals surface area contributed by atoms with E-state index in [-0.39, 0.29) is 28.4 Å². The van der Waals surface area contributed by atoms with Crippen molar-refractivity contribution in [2.24, 2.45) is 0 Å². The molecule has 0 spiro atoms. The third-order valence-corrected chi connectivity index (χ3v) is 26.2. The molecule has 0 amide bonds. The van der Waals surface area contributed by atoms with Crippen molar-refractivity contribution in [2.45, 2.75) is 150 Å². The van der Waals surface area contributed by atoms with E-state index in [1.165, 1.54) is 175 Å². The summed E-state index contributed by atoms with van der Waals surface area (Å²) in [6, 6.07) is 138. The van der Waals surface area contributed by atoms with Crippen LogP contribution in [0.1, 0.15) is 150 Å². The molecule has 0 atom stereocenters. The summed E-state index contributed by atoms with van der Waals surface area (Å²) in [5.41, 5.74) is 41.2. The van der Waals surface area contributed by atoms with E-state index < -0.39 is 0 Å². The number of anilines is 6. The molecule has 0 saturated carbocycles. The zero-order valence-corrected chi connectivity index (χ0v) is 73.7. The van der Waals surface area contributed by atoms with E-state index in [4.69, 9.17) is 0 Å². The summed E-state index contributed by atoms with van der Waals surface area (Å²) < 4.78 is 2.60. The number of fused-ring (bicyclic) bond motifs is 7. The average Bonchev–Trinajstić information content (AvgIpc) is 0.863. The van der Waals surface area contributed by atoms with Gasteiger partial charge in [-0.05, 0) is 235 Å². The summed E-state index contributed by atoms with van der Waals surface area (Å²) in [4.78, 5) is 5.58. The maximum atomic E-state index is 2.81. The minimum Gasteiger partial charge on any atom is -0.310 e. The molecule has 0 radical (unpaired) electrons. The fraction of sp³-hybridized carbons (Fsp3) is 0.193. The van der Waals surface area contributed by atoms with Gasteiger partial charge in [0.25, 0.3) is 6.71 Å². The lowest BCUT2D eigenvalue weighted by Crippen LogP contribution is -2.61. The number of hydrogen-bond acceptors (Lipinski definition) is 2. The van der Waals surface area contributed by atoms with Crippen LogP contribution in [-0.4, -0.2) is 11.3 Å². The number of aryl methyl sites for hydroxylation is 1. The summed E-state index contributed by atoms with van der Waals surface area (Å²) >= 11 is 0. The third kappa shape index (κ3) is 15.3. The number of aromatic nitrogens is 1. The van der Waals surface area contributed by atoms with Crippen molar-refractivity contribution in [3.8, 4) is 106 Å².